The molecule has 0 saturated carbocycles. The number of benzene rings is 2. The Labute approximate surface area is 148 Å². The van der Waals surface area contributed by atoms with Crippen molar-refractivity contribution in [2.75, 3.05) is 36.0 Å². The maximum absolute atomic E-state index is 13.9. The maximum atomic E-state index is 13.9. The lowest BCUT2D eigenvalue weighted by atomic mass is 10.2. The second-order valence-corrected chi connectivity index (χ2v) is 7.75. The number of anilines is 2. The van der Waals surface area contributed by atoms with Crippen LogP contribution in [-0.2, 0) is 9.84 Å². The van der Waals surface area contributed by atoms with Gasteiger partial charge in [-0.15, -0.1) is 0 Å². The molecular formula is C17H16F4N2O2S. The van der Waals surface area contributed by atoms with E-state index in [9.17, 15) is 26.0 Å². The van der Waals surface area contributed by atoms with Crippen LogP contribution >= 0.6 is 0 Å². The zero-order chi connectivity index (χ0) is 18.9. The summed E-state index contributed by atoms with van der Waals surface area (Å²) in [5.41, 5.74) is -4.93. The Balaban J connectivity index is 1.84. The van der Waals surface area contributed by atoms with Crippen LogP contribution in [0.25, 0.3) is 0 Å². The first-order valence-electron chi connectivity index (χ1n) is 7.86. The molecule has 0 radical (unpaired) electrons. The third-order valence-corrected chi connectivity index (χ3v) is 5.81. The minimum atomic E-state index is -5.44. The van der Waals surface area contributed by atoms with E-state index in [4.69, 9.17) is 0 Å². The van der Waals surface area contributed by atoms with E-state index in [1.165, 1.54) is 24.3 Å². The summed E-state index contributed by atoms with van der Waals surface area (Å²) in [6, 6.07) is 11.3. The molecular weight excluding hydrogens is 372 g/mol. The summed E-state index contributed by atoms with van der Waals surface area (Å²) in [5.74, 6) is -0.374. The normalized spacial score (nSPS) is 16.0. The summed E-state index contributed by atoms with van der Waals surface area (Å²) in [6.07, 6.45) is 0. The second kappa shape index (κ2) is 6.79. The predicted molar refractivity (Wildman–Crippen MR) is 90.5 cm³/mol. The Bertz CT molecular complexity index is 892. The number of piperazine rings is 1. The molecule has 0 N–H and O–H groups in total. The third-order valence-electron chi connectivity index (χ3n) is 4.27. The van der Waals surface area contributed by atoms with Crippen LogP contribution in [0.3, 0.4) is 0 Å². The van der Waals surface area contributed by atoms with Gasteiger partial charge in [0.2, 0.25) is 0 Å². The highest BCUT2D eigenvalue weighted by molar-refractivity contribution is 7.92. The molecule has 1 heterocycles. The van der Waals surface area contributed by atoms with Crippen LogP contribution in [0.5, 0.6) is 0 Å². The van der Waals surface area contributed by atoms with Gasteiger partial charge in [-0.1, -0.05) is 24.3 Å². The van der Waals surface area contributed by atoms with Gasteiger partial charge in [-0.05, 0) is 24.3 Å². The van der Waals surface area contributed by atoms with Crippen molar-refractivity contribution in [1.29, 1.82) is 0 Å². The van der Waals surface area contributed by atoms with Crippen LogP contribution in [0.15, 0.2) is 53.4 Å². The quantitative estimate of drug-likeness (QED) is 0.756. The summed E-state index contributed by atoms with van der Waals surface area (Å²) in [7, 11) is -5.44. The molecule has 0 aromatic heterocycles. The Hall–Kier alpha value is -2.29. The molecule has 4 nitrogen and oxygen atoms in total. The molecule has 0 unspecified atom stereocenters. The van der Waals surface area contributed by atoms with Gasteiger partial charge in [-0.25, -0.2) is 12.8 Å². The van der Waals surface area contributed by atoms with Crippen molar-refractivity contribution in [2.45, 2.75) is 10.4 Å². The lowest BCUT2D eigenvalue weighted by Crippen LogP contribution is -2.47. The van der Waals surface area contributed by atoms with Gasteiger partial charge in [0.15, 0.2) is 0 Å². The number of alkyl halides is 3. The van der Waals surface area contributed by atoms with Crippen LogP contribution < -0.4 is 9.80 Å². The zero-order valence-electron chi connectivity index (χ0n) is 13.6. The number of sulfone groups is 1. The fourth-order valence-corrected chi connectivity index (χ4v) is 3.95. The third kappa shape index (κ3) is 3.35. The van der Waals surface area contributed by atoms with Gasteiger partial charge in [-0.2, -0.15) is 13.2 Å². The van der Waals surface area contributed by atoms with Crippen LogP contribution in [0.1, 0.15) is 0 Å². The van der Waals surface area contributed by atoms with Crippen LogP contribution in [0.4, 0.5) is 28.9 Å². The molecule has 0 aliphatic carbocycles. The van der Waals surface area contributed by atoms with Gasteiger partial charge in [0.05, 0.1) is 16.3 Å². The minimum absolute atomic E-state index is 0.0120. The van der Waals surface area contributed by atoms with E-state index in [-0.39, 0.29) is 24.6 Å². The number of para-hydroxylation sites is 2. The fraction of sp³-hybridized carbons (Fsp3) is 0.294. The summed E-state index contributed by atoms with van der Waals surface area (Å²) in [4.78, 5) is 2.61. The first-order chi connectivity index (χ1) is 12.2. The van der Waals surface area contributed by atoms with Crippen molar-refractivity contribution < 1.29 is 26.0 Å². The number of rotatable bonds is 3. The average molecular weight is 388 g/mol. The highest BCUT2D eigenvalue weighted by atomic mass is 32.2. The van der Waals surface area contributed by atoms with E-state index >= 15 is 0 Å². The van der Waals surface area contributed by atoms with Gasteiger partial charge >= 0.3 is 5.51 Å². The molecule has 0 amide bonds. The van der Waals surface area contributed by atoms with Crippen LogP contribution in [0, 0.1) is 5.82 Å². The highest BCUT2D eigenvalue weighted by Gasteiger charge is 2.48. The fourth-order valence-electron chi connectivity index (χ4n) is 2.97. The summed E-state index contributed by atoms with van der Waals surface area (Å²) in [6.45, 7) is 1.28. The van der Waals surface area contributed by atoms with Gasteiger partial charge < -0.3 is 9.80 Å². The molecule has 1 aliphatic rings. The van der Waals surface area contributed by atoms with E-state index < -0.39 is 20.2 Å². The van der Waals surface area contributed by atoms with E-state index in [0.29, 0.717) is 18.8 Å². The standard InChI is InChI=1S/C17H16F4N2O2S/c18-13-5-1-2-6-14(13)22-9-11-23(12-10-22)15-7-3-4-8-16(15)26(24,25)17(19,20)21/h1-8H,9-12H2. The van der Waals surface area contributed by atoms with Crippen LogP contribution in [-0.4, -0.2) is 40.1 Å². The first kappa shape index (κ1) is 18.5. The van der Waals surface area contributed by atoms with Crippen molar-refractivity contribution in [3.63, 3.8) is 0 Å². The van der Waals surface area contributed by atoms with Crippen molar-refractivity contribution in [1.82, 2.24) is 0 Å². The van der Waals surface area contributed by atoms with Crippen molar-refractivity contribution in [3.05, 3.63) is 54.3 Å². The lowest BCUT2D eigenvalue weighted by molar-refractivity contribution is -0.0435. The molecule has 3 rings (SSSR count). The summed E-state index contributed by atoms with van der Waals surface area (Å²) in [5, 5.41) is 0. The highest BCUT2D eigenvalue weighted by Crippen LogP contribution is 2.36. The largest absolute Gasteiger partial charge is 0.501 e. The molecule has 1 fully saturated rings. The SMILES string of the molecule is O=S(=O)(c1ccccc1N1CCN(c2ccccc2F)CC1)C(F)(F)F. The number of hydrogen-bond donors (Lipinski definition) is 0. The van der Waals surface area contributed by atoms with E-state index in [1.807, 2.05) is 0 Å². The Kier molecular flexibility index (Phi) is 4.83. The number of nitrogens with zero attached hydrogens (tertiary/aromatic N) is 2. The molecule has 2 aromatic rings. The van der Waals surface area contributed by atoms with Crippen molar-refractivity contribution >= 4 is 21.2 Å². The topological polar surface area (TPSA) is 40.6 Å². The molecule has 9 heteroatoms. The van der Waals surface area contributed by atoms with E-state index in [2.05, 4.69) is 0 Å². The Morgan fingerprint density at radius 2 is 1.23 bits per heavy atom. The van der Waals surface area contributed by atoms with Gasteiger partial charge in [0.1, 0.15) is 5.82 Å². The molecule has 2 aromatic carbocycles. The molecule has 0 spiro atoms. The van der Waals surface area contributed by atoms with Crippen molar-refractivity contribution in [2.24, 2.45) is 0 Å². The molecule has 26 heavy (non-hydrogen) atoms. The zero-order valence-corrected chi connectivity index (χ0v) is 14.4. The monoisotopic (exact) mass is 388 g/mol. The first-order valence-corrected chi connectivity index (χ1v) is 9.35. The van der Waals surface area contributed by atoms with Gasteiger partial charge in [0.25, 0.3) is 9.84 Å². The van der Waals surface area contributed by atoms with Gasteiger partial charge in [-0.3, -0.25) is 0 Å². The maximum Gasteiger partial charge on any atom is 0.501 e. The number of halogens is 4. The van der Waals surface area contributed by atoms with Crippen LogP contribution in [0.2, 0.25) is 0 Å². The van der Waals surface area contributed by atoms with E-state index in [0.717, 1.165) is 6.07 Å². The lowest BCUT2D eigenvalue weighted by Gasteiger charge is -2.38. The molecule has 140 valence electrons. The second-order valence-electron chi connectivity index (χ2n) is 5.84. The average Bonchev–Trinajstić information content (AvgIpc) is 2.61. The molecule has 1 aliphatic heterocycles. The van der Waals surface area contributed by atoms with Gasteiger partial charge in [0, 0.05) is 26.2 Å². The molecule has 1 saturated heterocycles. The predicted octanol–water partition coefficient (Wildman–Crippen LogP) is 3.45. The smallest absolute Gasteiger partial charge is 0.367 e. The Morgan fingerprint density at radius 3 is 1.77 bits per heavy atom. The number of hydrogen-bond acceptors (Lipinski definition) is 4. The Morgan fingerprint density at radius 1 is 0.769 bits per heavy atom. The summed E-state index contributed by atoms with van der Waals surface area (Å²) < 4.78 is 76.4. The van der Waals surface area contributed by atoms with E-state index in [1.54, 1.807) is 28.0 Å². The minimum Gasteiger partial charge on any atom is -0.367 e. The van der Waals surface area contributed by atoms with Crippen molar-refractivity contribution in [3.8, 4) is 0 Å². The molecule has 0 atom stereocenters. The molecule has 0 bridgehead atoms. The summed E-state index contributed by atoms with van der Waals surface area (Å²) >= 11 is 0.